The third-order valence-electron chi connectivity index (χ3n) is 10.4. The van der Waals surface area contributed by atoms with Gasteiger partial charge in [-0.3, -0.25) is 4.79 Å². The molecule has 3 aromatic rings. The highest BCUT2D eigenvalue weighted by Crippen LogP contribution is 2.46. The molecule has 2 aliphatic rings. The number of halogens is 2. The van der Waals surface area contributed by atoms with Gasteiger partial charge in [-0.25, -0.2) is 26.7 Å². The first-order valence-electron chi connectivity index (χ1n) is 18.7. The number of anilines is 1. The number of amides is 2. The molecule has 1 saturated heterocycles. The van der Waals surface area contributed by atoms with Gasteiger partial charge >= 0.3 is 6.09 Å². The van der Waals surface area contributed by atoms with Gasteiger partial charge in [-0.2, -0.15) is 0 Å². The Bertz CT molecular complexity index is 1830. The second kappa shape index (κ2) is 17.7. The van der Waals surface area contributed by atoms with E-state index in [0.29, 0.717) is 26.1 Å². The van der Waals surface area contributed by atoms with E-state index in [1.54, 1.807) is 57.2 Å². The molecule has 0 spiro atoms. The number of hydrogen-bond donors (Lipinski definition) is 3. The van der Waals surface area contributed by atoms with Crippen molar-refractivity contribution >= 4 is 27.7 Å². The van der Waals surface area contributed by atoms with Gasteiger partial charge in [-0.1, -0.05) is 43.3 Å². The van der Waals surface area contributed by atoms with Crippen molar-refractivity contribution in [2.75, 3.05) is 38.2 Å². The molecule has 3 aromatic carbocycles. The van der Waals surface area contributed by atoms with Crippen molar-refractivity contribution in [3.63, 3.8) is 0 Å². The molecule has 13 heteroatoms. The van der Waals surface area contributed by atoms with Crippen LogP contribution in [0.1, 0.15) is 76.8 Å². The summed E-state index contributed by atoms with van der Waals surface area (Å²) in [7, 11) is -4.08. The molecule has 54 heavy (non-hydrogen) atoms. The van der Waals surface area contributed by atoms with Crippen LogP contribution in [0.4, 0.5) is 19.3 Å². The van der Waals surface area contributed by atoms with Crippen molar-refractivity contribution in [2.45, 2.75) is 88.7 Å². The van der Waals surface area contributed by atoms with Crippen molar-refractivity contribution in [1.29, 1.82) is 0 Å². The maximum absolute atomic E-state index is 15.7. The second-order valence-corrected chi connectivity index (χ2v) is 17.5. The summed E-state index contributed by atoms with van der Waals surface area (Å²) in [5.74, 6) is -1.97. The molecule has 1 saturated carbocycles. The molecule has 0 aromatic heterocycles. The van der Waals surface area contributed by atoms with Gasteiger partial charge in [-0.05, 0) is 113 Å². The number of aliphatic hydroxyl groups excluding tert-OH is 1. The smallest absolute Gasteiger partial charge is 0.410 e. The van der Waals surface area contributed by atoms with Crippen molar-refractivity contribution in [3.8, 4) is 0 Å². The van der Waals surface area contributed by atoms with Gasteiger partial charge in [0, 0.05) is 54.9 Å². The predicted octanol–water partition coefficient (Wildman–Crippen LogP) is 7.04. The fourth-order valence-electron chi connectivity index (χ4n) is 7.21. The normalized spacial score (nSPS) is 17.6. The molecule has 0 unspecified atom stereocenters. The maximum atomic E-state index is 15.7. The van der Waals surface area contributed by atoms with E-state index in [-0.39, 0.29) is 72.2 Å². The monoisotopic (exact) mass is 769 g/mol. The summed E-state index contributed by atoms with van der Waals surface area (Å²) in [4.78, 5) is 28.9. The highest BCUT2D eigenvalue weighted by molar-refractivity contribution is 7.89. The van der Waals surface area contributed by atoms with Crippen molar-refractivity contribution < 1.29 is 41.4 Å². The Morgan fingerprint density at radius 1 is 1.00 bits per heavy atom. The SMILES string of the molecule is C[C@H](C(=O)Nc1cccc(F)c1CC[C@@H](CN(CC1(CO)CC1)C(=O)OC(C)(C)C)NS(=O)(=O)c1ccccc1)[C@@H](c1ccc(F)cc1)C1CCOCC1. The number of carbonyl (C=O) groups excluding carboxylic acids is 2. The van der Waals surface area contributed by atoms with Crippen LogP contribution in [-0.2, 0) is 30.7 Å². The van der Waals surface area contributed by atoms with Gasteiger partial charge in [0.05, 0.1) is 11.5 Å². The van der Waals surface area contributed by atoms with Crippen LogP contribution in [0.3, 0.4) is 0 Å². The van der Waals surface area contributed by atoms with Gasteiger partial charge < -0.3 is 24.8 Å². The average Bonchev–Trinajstić information content (AvgIpc) is 3.91. The summed E-state index contributed by atoms with van der Waals surface area (Å²) < 4.78 is 70.9. The standard InChI is InChI=1S/C41H53F2N3O7S/c1-28(37(30-19-23-52-24-20-30)29-13-15-31(42)16-14-29)38(48)44-36-12-8-11-35(43)34(36)18-17-32(45-54(50,51)33-9-6-5-7-10-33)25-46(26-41(27-47)21-22-41)39(49)53-40(2,3)4/h5-16,28,30,32,37,45,47H,17-27H2,1-4H3,(H,44,48)/t28-,32-,37-/m0/s1. The zero-order valence-corrected chi connectivity index (χ0v) is 32.3. The Balaban J connectivity index is 1.40. The first-order chi connectivity index (χ1) is 25.6. The number of carbonyl (C=O) groups is 2. The first-order valence-corrected chi connectivity index (χ1v) is 20.2. The van der Waals surface area contributed by atoms with E-state index in [9.17, 15) is 27.5 Å². The molecule has 3 atom stereocenters. The van der Waals surface area contributed by atoms with Gasteiger partial charge in [0.1, 0.15) is 17.2 Å². The predicted molar refractivity (Wildman–Crippen MR) is 202 cm³/mol. The van der Waals surface area contributed by atoms with E-state index in [1.165, 1.54) is 41.3 Å². The number of ether oxygens (including phenoxy) is 2. The Morgan fingerprint density at radius 3 is 2.28 bits per heavy atom. The minimum absolute atomic E-state index is 0.00724. The number of aliphatic hydroxyl groups is 1. The highest BCUT2D eigenvalue weighted by Gasteiger charge is 2.45. The number of hydrogen-bond acceptors (Lipinski definition) is 7. The summed E-state index contributed by atoms with van der Waals surface area (Å²) in [6.45, 7) is 8.05. The van der Waals surface area contributed by atoms with E-state index in [0.717, 1.165) is 18.4 Å². The molecular weight excluding hydrogens is 717 g/mol. The molecule has 0 radical (unpaired) electrons. The fourth-order valence-corrected chi connectivity index (χ4v) is 8.49. The Hall–Kier alpha value is -3.91. The van der Waals surface area contributed by atoms with E-state index in [4.69, 9.17) is 9.47 Å². The van der Waals surface area contributed by atoms with Crippen LogP contribution in [0.25, 0.3) is 0 Å². The molecule has 1 aliphatic carbocycles. The second-order valence-electron chi connectivity index (χ2n) is 15.8. The summed E-state index contributed by atoms with van der Waals surface area (Å²) in [5, 5.41) is 13.1. The lowest BCUT2D eigenvalue weighted by molar-refractivity contribution is -0.120. The summed E-state index contributed by atoms with van der Waals surface area (Å²) in [6, 6.07) is 17.5. The van der Waals surface area contributed by atoms with Crippen molar-refractivity contribution in [3.05, 3.63) is 95.6 Å². The quantitative estimate of drug-likeness (QED) is 0.142. The lowest BCUT2D eigenvalue weighted by atomic mass is 9.74. The molecule has 1 aliphatic heterocycles. The zero-order valence-electron chi connectivity index (χ0n) is 31.5. The van der Waals surface area contributed by atoms with Crippen LogP contribution < -0.4 is 10.0 Å². The van der Waals surface area contributed by atoms with Crippen LogP contribution in [-0.4, -0.2) is 75.0 Å². The topological polar surface area (TPSA) is 134 Å². The van der Waals surface area contributed by atoms with Gasteiger partial charge in [-0.15, -0.1) is 0 Å². The lowest BCUT2D eigenvalue weighted by Crippen LogP contribution is -2.49. The minimum Gasteiger partial charge on any atom is -0.444 e. The first kappa shape index (κ1) is 41.3. The molecular formula is C41H53F2N3O7S. The number of benzene rings is 3. The van der Waals surface area contributed by atoms with Crippen LogP contribution in [0.5, 0.6) is 0 Å². The molecule has 0 bridgehead atoms. The number of sulfonamides is 1. The number of nitrogens with zero attached hydrogens (tertiary/aromatic N) is 1. The van der Waals surface area contributed by atoms with Crippen molar-refractivity contribution in [2.24, 2.45) is 17.3 Å². The molecule has 2 fully saturated rings. The van der Waals surface area contributed by atoms with Crippen LogP contribution >= 0.6 is 0 Å². The van der Waals surface area contributed by atoms with Gasteiger partial charge in [0.15, 0.2) is 0 Å². The van der Waals surface area contributed by atoms with Gasteiger partial charge in [0.25, 0.3) is 0 Å². The van der Waals surface area contributed by atoms with Crippen molar-refractivity contribution in [1.82, 2.24) is 9.62 Å². The fraction of sp³-hybridized carbons (Fsp3) is 0.512. The summed E-state index contributed by atoms with van der Waals surface area (Å²) in [6.07, 6.45) is 2.30. The third kappa shape index (κ3) is 11.1. The van der Waals surface area contributed by atoms with E-state index >= 15 is 4.39 Å². The van der Waals surface area contributed by atoms with Crippen LogP contribution in [0.2, 0.25) is 0 Å². The van der Waals surface area contributed by atoms with Crippen LogP contribution in [0, 0.1) is 28.9 Å². The van der Waals surface area contributed by atoms with E-state index in [2.05, 4.69) is 10.0 Å². The molecule has 294 valence electrons. The molecule has 3 N–H and O–H groups in total. The Morgan fingerprint density at radius 2 is 1.67 bits per heavy atom. The molecule has 5 rings (SSSR count). The lowest BCUT2D eigenvalue weighted by Gasteiger charge is -2.34. The maximum Gasteiger partial charge on any atom is 0.410 e. The number of rotatable bonds is 16. The zero-order chi connectivity index (χ0) is 39.1. The molecule has 2 amide bonds. The van der Waals surface area contributed by atoms with E-state index in [1.807, 2.05) is 6.92 Å². The average molecular weight is 770 g/mol. The third-order valence-corrected chi connectivity index (χ3v) is 11.9. The van der Waals surface area contributed by atoms with Gasteiger partial charge in [0.2, 0.25) is 15.9 Å². The Kier molecular flexibility index (Phi) is 13.5. The van der Waals surface area contributed by atoms with E-state index < -0.39 is 44.9 Å². The summed E-state index contributed by atoms with van der Waals surface area (Å²) >= 11 is 0. The molecule has 1 heterocycles. The highest BCUT2D eigenvalue weighted by atomic mass is 32.2. The minimum atomic E-state index is -4.08. The van der Waals surface area contributed by atoms with Crippen LogP contribution in [0.15, 0.2) is 77.7 Å². The largest absolute Gasteiger partial charge is 0.444 e. The number of nitrogens with one attached hydrogen (secondary N) is 2. The summed E-state index contributed by atoms with van der Waals surface area (Å²) in [5.41, 5.74) is -0.0626. The Labute approximate surface area is 317 Å². The molecule has 10 nitrogen and oxygen atoms in total.